The maximum absolute atomic E-state index is 12.4. The molecule has 120 valence electrons. The zero-order valence-electron chi connectivity index (χ0n) is 12.3. The van der Waals surface area contributed by atoms with Crippen LogP contribution in [0.1, 0.15) is 32.6 Å². The normalized spacial score (nSPS) is 21.6. The molecular formula is C13H22ClN3O4. The first kappa shape index (κ1) is 17.7. The molecule has 1 saturated carbocycles. The summed E-state index contributed by atoms with van der Waals surface area (Å²) >= 11 is 0. The van der Waals surface area contributed by atoms with Gasteiger partial charge in [-0.2, -0.15) is 0 Å². The number of hydrogen-bond acceptors (Lipinski definition) is 4. The zero-order valence-corrected chi connectivity index (χ0v) is 13.1. The lowest BCUT2D eigenvalue weighted by Crippen LogP contribution is -2.45. The smallest absolute Gasteiger partial charge is 0.325 e. The molecule has 0 bridgehead atoms. The van der Waals surface area contributed by atoms with Crippen LogP contribution in [0.3, 0.4) is 0 Å². The molecule has 0 aromatic carbocycles. The molecule has 0 radical (unpaired) electrons. The lowest BCUT2D eigenvalue weighted by molar-refractivity contribution is -0.142. The number of likely N-dealkylation sites (N-methyl/N-ethyl adjacent to an activating group) is 1. The molecule has 1 heterocycles. The van der Waals surface area contributed by atoms with Crippen molar-refractivity contribution in [2.45, 2.75) is 44.2 Å². The van der Waals surface area contributed by atoms with E-state index in [9.17, 15) is 14.4 Å². The van der Waals surface area contributed by atoms with Gasteiger partial charge in [0.1, 0.15) is 11.6 Å². The molecule has 7 nitrogen and oxygen atoms in total. The van der Waals surface area contributed by atoms with E-state index in [0.717, 1.165) is 12.8 Å². The van der Waals surface area contributed by atoms with Crippen LogP contribution < -0.4 is 5.32 Å². The number of carbonyl (C=O) groups is 3. The highest BCUT2D eigenvalue weighted by atomic mass is 35.5. The van der Waals surface area contributed by atoms with Crippen molar-refractivity contribution in [3.8, 4) is 0 Å². The molecule has 8 heteroatoms. The third-order valence-corrected chi connectivity index (χ3v) is 4.40. The van der Waals surface area contributed by atoms with Gasteiger partial charge in [0.15, 0.2) is 0 Å². The summed E-state index contributed by atoms with van der Waals surface area (Å²) in [5, 5.41) is 11.7. The predicted molar refractivity (Wildman–Crippen MR) is 78.4 cm³/mol. The number of rotatable bonds is 5. The lowest BCUT2D eigenvalue weighted by atomic mass is 9.98. The number of amides is 3. The van der Waals surface area contributed by atoms with Crippen LogP contribution in [0, 0.1) is 0 Å². The van der Waals surface area contributed by atoms with Crippen molar-refractivity contribution in [2.75, 3.05) is 20.1 Å². The molecule has 3 amide bonds. The van der Waals surface area contributed by atoms with E-state index in [1.54, 1.807) is 18.9 Å². The predicted octanol–water partition coefficient (Wildman–Crippen LogP) is 0.678. The Morgan fingerprint density at radius 1 is 1.43 bits per heavy atom. The van der Waals surface area contributed by atoms with E-state index in [0.29, 0.717) is 19.4 Å². The average molecular weight is 320 g/mol. The number of carbonyl (C=O) groups excluding carboxylic acids is 2. The van der Waals surface area contributed by atoms with E-state index in [1.807, 2.05) is 0 Å². The first-order valence-corrected chi connectivity index (χ1v) is 6.94. The SMILES string of the molecule is CC(C(=O)O)N(C)CCN1C(=O)NC2(CCCC2)C1=O.Cl. The monoisotopic (exact) mass is 319 g/mol. The maximum atomic E-state index is 12.4. The number of carboxylic acid groups (broad SMARTS) is 1. The number of aliphatic carboxylic acids is 1. The molecule has 1 spiro atoms. The quantitative estimate of drug-likeness (QED) is 0.727. The summed E-state index contributed by atoms with van der Waals surface area (Å²) in [6.07, 6.45) is 3.32. The van der Waals surface area contributed by atoms with Crippen molar-refractivity contribution in [1.29, 1.82) is 0 Å². The van der Waals surface area contributed by atoms with Crippen LogP contribution in [0.2, 0.25) is 0 Å². The number of carboxylic acids is 1. The van der Waals surface area contributed by atoms with E-state index >= 15 is 0 Å². The van der Waals surface area contributed by atoms with Gasteiger partial charge in [0.05, 0.1) is 0 Å². The van der Waals surface area contributed by atoms with E-state index in [1.165, 1.54) is 4.90 Å². The Morgan fingerprint density at radius 3 is 2.52 bits per heavy atom. The van der Waals surface area contributed by atoms with Gasteiger partial charge in [-0.05, 0) is 26.8 Å². The van der Waals surface area contributed by atoms with E-state index in [2.05, 4.69) is 5.32 Å². The van der Waals surface area contributed by atoms with Crippen molar-refractivity contribution in [2.24, 2.45) is 0 Å². The minimum atomic E-state index is -0.919. The Kier molecular flexibility index (Phi) is 5.58. The summed E-state index contributed by atoms with van der Waals surface area (Å²) < 4.78 is 0. The molecule has 0 aromatic heterocycles. The maximum Gasteiger partial charge on any atom is 0.325 e. The van der Waals surface area contributed by atoms with Gasteiger partial charge in [-0.3, -0.25) is 19.4 Å². The third-order valence-electron chi connectivity index (χ3n) is 4.40. The first-order valence-electron chi connectivity index (χ1n) is 6.94. The zero-order chi connectivity index (χ0) is 14.9. The highest BCUT2D eigenvalue weighted by molar-refractivity contribution is 6.07. The van der Waals surface area contributed by atoms with Gasteiger partial charge in [0, 0.05) is 13.1 Å². The van der Waals surface area contributed by atoms with Crippen molar-refractivity contribution < 1.29 is 19.5 Å². The van der Waals surface area contributed by atoms with Gasteiger partial charge in [-0.25, -0.2) is 4.79 Å². The summed E-state index contributed by atoms with van der Waals surface area (Å²) in [5.41, 5.74) is -0.686. The second kappa shape index (κ2) is 6.62. The molecule has 1 saturated heterocycles. The highest BCUT2D eigenvalue weighted by Crippen LogP contribution is 2.34. The number of imide groups is 1. The molecule has 2 aliphatic rings. The van der Waals surface area contributed by atoms with Crippen molar-refractivity contribution in [1.82, 2.24) is 15.1 Å². The first-order chi connectivity index (χ1) is 9.37. The summed E-state index contributed by atoms with van der Waals surface area (Å²) in [6, 6.07) is -0.996. The van der Waals surface area contributed by atoms with Crippen molar-refractivity contribution in [3.63, 3.8) is 0 Å². The molecule has 2 fully saturated rings. The molecule has 21 heavy (non-hydrogen) atoms. The van der Waals surface area contributed by atoms with E-state index in [-0.39, 0.29) is 30.9 Å². The highest BCUT2D eigenvalue weighted by Gasteiger charge is 2.52. The van der Waals surface area contributed by atoms with Gasteiger partial charge in [-0.1, -0.05) is 12.8 Å². The summed E-state index contributed by atoms with van der Waals surface area (Å²) in [5.74, 6) is -1.08. The van der Waals surface area contributed by atoms with Crippen LogP contribution in [0.5, 0.6) is 0 Å². The molecule has 1 unspecified atom stereocenters. The van der Waals surface area contributed by atoms with Crippen molar-refractivity contribution in [3.05, 3.63) is 0 Å². The summed E-state index contributed by atoms with van der Waals surface area (Å²) in [6.45, 7) is 2.15. The second-order valence-electron chi connectivity index (χ2n) is 5.67. The van der Waals surface area contributed by atoms with Gasteiger partial charge in [0.25, 0.3) is 5.91 Å². The number of hydrogen-bond donors (Lipinski definition) is 2. The van der Waals surface area contributed by atoms with Crippen LogP contribution in [-0.4, -0.2) is 64.5 Å². The fourth-order valence-electron chi connectivity index (χ4n) is 2.84. The number of nitrogens with one attached hydrogen (secondary N) is 1. The number of urea groups is 1. The van der Waals surface area contributed by atoms with Gasteiger partial charge in [-0.15, -0.1) is 12.4 Å². The number of nitrogens with zero attached hydrogens (tertiary/aromatic N) is 2. The molecule has 2 rings (SSSR count). The summed E-state index contributed by atoms with van der Waals surface area (Å²) in [7, 11) is 1.67. The van der Waals surface area contributed by atoms with Gasteiger partial charge >= 0.3 is 12.0 Å². The Balaban J connectivity index is 0.00000220. The van der Waals surface area contributed by atoms with Gasteiger partial charge in [0.2, 0.25) is 0 Å². The van der Waals surface area contributed by atoms with Gasteiger partial charge < -0.3 is 10.4 Å². The van der Waals surface area contributed by atoms with Crippen LogP contribution in [-0.2, 0) is 9.59 Å². The van der Waals surface area contributed by atoms with Crippen LogP contribution >= 0.6 is 12.4 Å². The molecule has 1 aliphatic heterocycles. The Bertz CT molecular complexity index is 437. The Morgan fingerprint density at radius 2 is 2.00 bits per heavy atom. The standard InChI is InChI=1S/C13H21N3O4.ClH/c1-9(10(17)18)15(2)7-8-16-11(19)13(14-12(16)20)5-3-4-6-13;/h9H,3-8H2,1-2H3,(H,14,20)(H,17,18);1H. The molecule has 2 N–H and O–H groups in total. The fourth-order valence-corrected chi connectivity index (χ4v) is 2.84. The Labute approximate surface area is 130 Å². The number of halogens is 1. The third kappa shape index (κ3) is 3.29. The second-order valence-corrected chi connectivity index (χ2v) is 5.67. The molecule has 1 aliphatic carbocycles. The Hall–Kier alpha value is -1.34. The fraction of sp³-hybridized carbons (Fsp3) is 0.769. The average Bonchev–Trinajstić information content (AvgIpc) is 2.94. The van der Waals surface area contributed by atoms with E-state index in [4.69, 9.17) is 5.11 Å². The minimum Gasteiger partial charge on any atom is -0.480 e. The van der Waals surface area contributed by atoms with Crippen LogP contribution in [0.15, 0.2) is 0 Å². The summed E-state index contributed by atoms with van der Waals surface area (Å²) in [4.78, 5) is 38.0. The van der Waals surface area contributed by atoms with Crippen molar-refractivity contribution >= 4 is 30.3 Å². The topological polar surface area (TPSA) is 89.9 Å². The minimum absolute atomic E-state index is 0. The lowest BCUT2D eigenvalue weighted by Gasteiger charge is -2.24. The molecule has 0 aromatic rings. The largest absolute Gasteiger partial charge is 0.480 e. The molecular weight excluding hydrogens is 298 g/mol. The molecule has 1 atom stereocenters. The van der Waals surface area contributed by atoms with Crippen LogP contribution in [0.25, 0.3) is 0 Å². The van der Waals surface area contributed by atoms with E-state index < -0.39 is 17.6 Å². The van der Waals surface area contributed by atoms with Crippen LogP contribution in [0.4, 0.5) is 4.79 Å².